The predicted octanol–water partition coefficient (Wildman–Crippen LogP) is 4.45. The highest BCUT2D eigenvalue weighted by Gasteiger charge is 2.26. The molecule has 3 aromatic carbocycles. The SMILES string of the molecule is O=C(c1ccc(S(=O)(=O)Nc2ccccc2)cc1)N1CCC(Oc2ccc(F)cc2F)CC1. The van der Waals surface area contributed by atoms with Crippen LogP contribution in [0, 0.1) is 11.6 Å². The van der Waals surface area contributed by atoms with Gasteiger partial charge in [0.2, 0.25) is 0 Å². The Bertz CT molecular complexity index is 1230. The summed E-state index contributed by atoms with van der Waals surface area (Å²) in [5.41, 5.74) is 0.820. The number of amides is 1. The maximum absolute atomic E-state index is 13.8. The lowest BCUT2D eigenvalue weighted by Gasteiger charge is -2.32. The normalized spacial score (nSPS) is 14.7. The van der Waals surface area contributed by atoms with E-state index in [4.69, 9.17) is 4.74 Å². The number of rotatable bonds is 6. The van der Waals surface area contributed by atoms with Crippen LogP contribution < -0.4 is 9.46 Å². The molecule has 0 saturated carbocycles. The summed E-state index contributed by atoms with van der Waals surface area (Å²) in [6, 6.07) is 17.4. The molecule has 9 heteroatoms. The molecule has 0 bridgehead atoms. The number of benzene rings is 3. The second-order valence-corrected chi connectivity index (χ2v) is 9.36. The van der Waals surface area contributed by atoms with Gasteiger partial charge < -0.3 is 9.64 Å². The first-order valence-electron chi connectivity index (χ1n) is 10.4. The highest BCUT2D eigenvalue weighted by molar-refractivity contribution is 7.92. The van der Waals surface area contributed by atoms with Gasteiger partial charge in [-0.15, -0.1) is 0 Å². The third kappa shape index (κ3) is 5.48. The summed E-state index contributed by atoms with van der Waals surface area (Å²) in [7, 11) is -3.77. The second kappa shape index (κ2) is 9.58. The number of sulfonamides is 1. The number of para-hydroxylation sites is 1. The molecule has 0 spiro atoms. The van der Waals surface area contributed by atoms with Gasteiger partial charge in [-0.2, -0.15) is 0 Å². The molecule has 3 aromatic rings. The van der Waals surface area contributed by atoms with E-state index in [-0.39, 0.29) is 22.7 Å². The number of hydrogen-bond acceptors (Lipinski definition) is 4. The molecule has 33 heavy (non-hydrogen) atoms. The van der Waals surface area contributed by atoms with Gasteiger partial charge in [0.05, 0.1) is 4.90 Å². The molecule has 0 radical (unpaired) electrons. The van der Waals surface area contributed by atoms with Gasteiger partial charge in [-0.3, -0.25) is 9.52 Å². The Balaban J connectivity index is 1.35. The number of likely N-dealkylation sites (tertiary alicyclic amines) is 1. The molecule has 4 rings (SSSR count). The van der Waals surface area contributed by atoms with Crippen molar-refractivity contribution in [3.05, 3.63) is 90.0 Å². The van der Waals surface area contributed by atoms with Gasteiger partial charge in [-0.1, -0.05) is 18.2 Å². The molecule has 1 amide bonds. The van der Waals surface area contributed by atoms with Crippen LogP contribution in [0.1, 0.15) is 23.2 Å². The van der Waals surface area contributed by atoms with E-state index in [1.807, 2.05) is 0 Å². The number of anilines is 1. The number of nitrogens with one attached hydrogen (secondary N) is 1. The highest BCUT2D eigenvalue weighted by atomic mass is 32.2. The van der Waals surface area contributed by atoms with Gasteiger partial charge in [0.15, 0.2) is 11.6 Å². The second-order valence-electron chi connectivity index (χ2n) is 7.68. The van der Waals surface area contributed by atoms with Crippen molar-refractivity contribution in [1.82, 2.24) is 4.90 Å². The fourth-order valence-electron chi connectivity index (χ4n) is 3.61. The Morgan fingerprint density at radius 1 is 0.939 bits per heavy atom. The average molecular weight is 473 g/mol. The van der Waals surface area contributed by atoms with Crippen LogP contribution in [0.4, 0.5) is 14.5 Å². The van der Waals surface area contributed by atoms with E-state index in [0.717, 1.165) is 12.1 Å². The molecular weight excluding hydrogens is 450 g/mol. The molecule has 1 fully saturated rings. The highest BCUT2D eigenvalue weighted by Crippen LogP contribution is 2.24. The van der Waals surface area contributed by atoms with Crippen molar-refractivity contribution >= 4 is 21.6 Å². The molecule has 1 heterocycles. The quantitative estimate of drug-likeness (QED) is 0.575. The lowest BCUT2D eigenvalue weighted by molar-refractivity contribution is 0.0588. The molecule has 6 nitrogen and oxygen atoms in total. The van der Waals surface area contributed by atoms with Gasteiger partial charge in [-0.05, 0) is 48.5 Å². The van der Waals surface area contributed by atoms with Crippen LogP contribution in [0.5, 0.6) is 5.75 Å². The first-order valence-corrected chi connectivity index (χ1v) is 11.9. The maximum atomic E-state index is 13.8. The van der Waals surface area contributed by atoms with E-state index in [1.165, 1.54) is 30.3 Å². The van der Waals surface area contributed by atoms with Crippen LogP contribution >= 0.6 is 0 Å². The minimum atomic E-state index is -3.77. The Morgan fingerprint density at radius 2 is 1.61 bits per heavy atom. The van der Waals surface area contributed by atoms with Gasteiger partial charge in [0.25, 0.3) is 15.9 Å². The number of halogens is 2. The molecule has 1 aliphatic rings. The minimum Gasteiger partial charge on any atom is -0.487 e. The predicted molar refractivity (Wildman–Crippen MR) is 120 cm³/mol. The number of hydrogen-bond donors (Lipinski definition) is 1. The van der Waals surface area contributed by atoms with E-state index in [0.29, 0.717) is 37.2 Å². The zero-order valence-corrected chi connectivity index (χ0v) is 18.4. The summed E-state index contributed by atoms with van der Waals surface area (Å²) in [6.07, 6.45) is 0.706. The van der Waals surface area contributed by atoms with E-state index < -0.39 is 21.7 Å². The fraction of sp³-hybridized carbons (Fsp3) is 0.208. The Hall–Kier alpha value is -3.46. The summed E-state index contributed by atoms with van der Waals surface area (Å²) in [4.78, 5) is 14.5. The number of nitrogens with zero attached hydrogens (tertiary/aromatic N) is 1. The standard InChI is InChI=1S/C24H22F2N2O4S/c25-18-8-11-23(22(26)16-18)32-20-12-14-28(15-13-20)24(29)17-6-9-21(10-7-17)33(30,31)27-19-4-2-1-3-5-19/h1-11,16,20,27H,12-15H2. The first-order chi connectivity index (χ1) is 15.8. The smallest absolute Gasteiger partial charge is 0.261 e. The van der Waals surface area contributed by atoms with Gasteiger partial charge >= 0.3 is 0 Å². The van der Waals surface area contributed by atoms with Crippen LogP contribution in [0.2, 0.25) is 0 Å². The van der Waals surface area contributed by atoms with Crippen molar-refractivity contribution in [3.8, 4) is 5.75 Å². The number of carbonyl (C=O) groups is 1. The van der Waals surface area contributed by atoms with Crippen LogP contribution in [0.3, 0.4) is 0 Å². The van der Waals surface area contributed by atoms with Crippen molar-refractivity contribution in [1.29, 1.82) is 0 Å². The Morgan fingerprint density at radius 3 is 2.24 bits per heavy atom. The number of carbonyl (C=O) groups excluding carboxylic acids is 1. The Labute approximate surface area is 190 Å². The summed E-state index contributed by atoms with van der Waals surface area (Å²) in [5, 5.41) is 0. The molecular formula is C24H22F2N2O4S. The largest absolute Gasteiger partial charge is 0.487 e. The number of piperidine rings is 1. The van der Waals surface area contributed by atoms with E-state index >= 15 is 0 Å². The van der Waals surface area contributed by atoms with Gasteiger partial charge in [0, 0.05) is 43.2 Å². The summed E-state index contributed by atoms with van der Waals surface area (Å²) in [6.45, 7) is 0.809. The molecule has 0 atom stereocenters. The van der Waals surface area contributed by atoms with Crippen molar-refractivity contribution in [2.75, 3.05) is 17.8 Å². The molecule has 0 aliphatic carbocycles. The topological polar surface area (TPSA) is 75.7 Å². The van der Waals surface area contributed by atoms with E-state index in [2.05, 4.69) is 4.72 Å². The maximum Gasteiger partial charge on any atom is 0.261 e. The van der Waals surface area contributed by atoms with Crippen molar-refractivity contribution in [3.63, 3.8) is 0 Å². The van der Waals surface area contributed by atoms with Crippen molar-refractivity contribution in [2.24, 2.45) is 0 Å². The van der Waals surface area contributed by atoms with E-state index in [9.17, 15) is 22.0 Å². The minimum absolute atomic E-state index is 0.0120. The van der Waals surface area contributed by atoms with Crippen LogP contribution in [-0.4, -0.2) is 38.4 Å². The monoisotopic (exact) mass is 472 g/mol. The zero-order chi connectivity index (χ0) is 23.4. The van der Waals surface area contributed by atoms with Gasteiger partial charge in [0.1, 0.15) is 11.9 Å². The van der Waals surface area contributed by atoms with Crippen molar-refractivity contribution < 1.29 is 26.7 Å². The molecule has 0 unspecified atom stereocenters. The molecule has 172 valence electrons. The van der Waals surface area contributed by atoms with Crippen molar-refractivity contribution in [2.45, 2.75) is 23.8 Å². The Kier molecular flexibility index (Phi) is 6.60. The average Bonchev–Trinajstić information content (AvgIpc) is 2.81. The van der Waals surface area contributed by atoms with E-state index in [1.54, 1.807) is 35.2 Å². The molecule has 1 saturated heterocycles. The third-order valence-electron chi connectivity index (χ3n) is 5.35. The summed E-state index contributed by atoms with van der Waals surface area (Å²) < 4.78 is 60.0. The zero-order valence-electron chi connectivity index (χ0n) is 17.6. The lowest BCUT2D eigenvalue weighted by Crippen LogP contribution is -2.41. The number of ether oxygens (including phenoxy) is 1. The van der Waals surface area contributed by atoms with Gasteiger partial charge in [-0.25, -0.2) is 17.2 Å². The molecule has 1 aliphatic heterocycles. The fourth-order valence-corrected chi connectivity index (χ4v) is 4.67. The lowest BCUT2D eigenvalue weighted by atomic mass is 10.1. The summed E-state index contributed by atoms with van der Waals surface area (Å²) >= 11 is 0. The third-order valence-corrected chi connectivity index (χ3v) is 6.75. The van der Waals surface area contributed by atoms with Crippen LogP contribution in [-0.2, 0) is 10.0 Å². The summed E-state index contributed by atoms with van der Waals surface area (Å²) in [5.74, 6) is -1.66. The molecule has 1 N–H and O–H groups in total. The first kappa shape index (κ1) is 22.7. The van der Waals surface area contributed by atoms with Crippen LogP contribution in [0.25, 0.3) is 0 Å². The molecule has 0 aromatic heterocycles. The van der Waals surface area contributed by atoms with Crippen LogP contribution in [0.15, 0.2) is 77.7 Å².